The SMILES string of the molecule is COCC1CCCN1c1cnc(C=O)c(Cl)n1.O=P(Cl)(Cl)Cl. The van der Waals surface area contributed by atoms with E-state index in [1.165, 1.54) is 0 Å². The van der Waals surface area contributed by atoms with Crippen LogP contribution < -0.4 is 4.90 Å². The van der Waals surface area contributed by atoms with E-state index >= 15 is 0 Å². The van der Waals surface area contributed by atoms with Crippen LogP contribution in [0.4, 0.5) is 5.82 Å². The zero-order valence-electron chi connectivity index (χ0n) is 11.6. The van der Waals surface area contributed by atoms with Gasteiger partial charge in [0.05, 0.1) is 18.8 Å². The number of anilines is 1. The minimum Gasteiger partial charge on any atom is -0.383 e. The molecule has 0 spiro atoms. The Morgan fingerprint density at radius 3 is 2.64 bits per heavy atom. The zero-order valence-corrected chi connectivity index (χ0v) is 15.5. The molecule has 22 heavy (non-hydrogen) atoms. The maximum atomic E-state index is 10.6. The van der Waals surface area contributed by atoms with Gasteiger partial charge >= 0.3 is 5.20 Å². The number of carbonyl (C=O) groups is 1. The molecule has 1 aliphatic heterocycles. The Bertz CT molecular complexity index is 549. The molecular weight excluding hydrogens is 395 g/mol. The van der Waals surface area contributed by atoms with E-state index < -0.39 is 5.20 Å². The summed E-state index contributed by atoms with van der Waals surface area (Å²) in [6.45, 7) is 1.58. The third kappa shape index (κ3) is 6.99. The maximum Gasteiger partial charge on any atom is 0.339 e. The highest BCUT2D eigenvalue weighted by molar-refractivity contribution is 8.24. The number of methoxy groups -OCH3 is 1. The molecular formula is C11H14Cl4N3O3P. The summed E-state index contributed by atoms with van der Waals surface area (Å²) in [6.07, 6.45) is 4.37. The van der Waals surface area contributed by atoms with E-state index in [2.05, 4.69) is 48.6 Å². The van der Waals surface area contributed by atoms with Crippen LogP contribution in [-0.2, 0) is 9.30 Å². The van der Waals surface area contributed by atoms with Gasteiger partial charge in [-0.25, -0.2) is 9.97 Å². The normalized spacial score (nSPS) is 17.9. The maximum absolute atomic E-state index is 10.6. The second-order valence-corrected chi connectivity index (χ2v) is 11.4. The minimum atomic E-state index is -3.22. The molecule has 124 valence electrons. The van der Waals surface area contributed by atoms with Gasteiger partial charge in [0.2, 0.25) is 0 Å². The molecule has 1 aromatic rings. The summed E-state index contributed by atoms with van der Waals surface area (Å²) >= 11 is 19.7. The van der Waals surface area contributed by atoms with E-state index in [-0.39, 0.29) is 10.8 Å². The van der Waals surface area contributed by atoms with Gasteiger partial charge in [-0.1, -0.05) is 11.6 Å². The number of hydrogen-bond acceptors (Lipinski definition) is 6. The molecule has 1 fully saturated rings. The molecule has 0 saturated carbocycles. The molecule has 1 saturated heterocycles. The largest absolute Gasteiger partial charge is 0.383 e. The highest BCUT2D eigenvalue weighted by Crippen LogP contribution is 2.61. The highest BCUT2D eigenvalue weighted by Gasteiger charge is 2.26. The van der Waals surface area contributed by atoms with E-state index in [1.807, 2.05) is 0 Å². The second-order valence-electron chi connectivity index (χ2n) is 4.37. The van der Waals surface area contributed by atoms with Crippen molar-refractivity contribution in [1.29, 1.82) is 0 Å². The molecule has 1 atom stereocenters. The first-order chi connectivity index (χ1) is 10.3. The van der Waals surface area contributed by atoms with Crippen LogP contribution in [0.1, 0.15) is 23.3 Å². The summed E-state index contributed by atoms with van der Waals surface area (Å²) in [5, 5.41) is -3.07. The Labute approximate surface area is 147 Å². The predicted molar refractivity (Wildman–Crippen MR) is 89.8 cm³/mol. The fourth-order valence-corrected chi connectivity index (χ4v) is 2.27. The summed E-state index contributed by atoms with van der Waals surface area (Å²) < 4.78 is 14.7. The number of aldehydes is 1. The molecule has 1 unspecified atom stereocenters. The average molecular weight is 409 g/mol. The number of ether oxygens (including phenoxy) is 1. The molecule has 0 amide bonds. The van der Waals surface area contributed by atoms with Gasteiger partial charge in [0, 0.05) is 13.7 Å². The molecule has 0 bridgehead atoms. The van der Waals surface area contributed by atoms with Crippen molar-refractivity contribution < 1.29 is 14.1 Å². The number of aromatic nitrogens is 2. The van der Waals surface area contributed by atoms with Crippen molar-refractivity contribution in [3.05, 3.63) is 17.0 Å². The first-order valence-corrected chi connectivity index (χ1v) is 11.0. The Balaban J connectivity index is 0.000000422. The molecule has 6 nitrogen and oxygen atoms in total. The van der Waals surface area contributed by atoms with Gasteiger partial charge in [0.1, 0.15) is 11.5 Å². The van der Waals surface area contributed by atoms with Crippen molar-refractivity contribution in [3.8, 4) is 0 Å². The van der Waals surface area contributed by atoms with Crippen molar-refractivity contribution in [1.82, 2.24) is 9.97 Å². The van der Waals surface area contributed by atoms with E-state index in [0.29, 0.717) is 24.8 Å². The van der Waals surface area contributed by atoms with Crippen molar-refractivity contribution in [2.45, 2.75) is 18.9 Å². The number of carbonyl (C=O) groups excluding carboxylic acids is 1. The molecule has 1 aromatic heterocycles. The Morgan fingerprint density at radius 1 is 1.50 bits per heavy atom. The number of nitrogens with zero attached hydrogens (tertiary/aromatic N) is 3. The van der Waals surface area contributed by atoms with Gasteiger partial charge in [0.15, 0.2) is 11.4 Å². The van der Waals surface area contributed by atoms with E-state index in [9.17, 15) is 9.36 Å². The van der Waals surface area contributed by atoms with Crippen LogP contribution >= 0.6 is 50.5 Å². The van der Waals surface area contributed by atoms with Gasteiger partial charge < -0.3 is 9.64 Å². The van der Waals surface area contributed by atoms with Crippen molar-refractivity contribution in [2.24, 2.45) is 0 Å². The second kappa shape index (κ2) is 9.26. The molecule has 0 aliphatic carbocycles. The summed E-state index contributed by atoms with van der Waals surface area (Å²) in [6, 6.07) is 0.312. The number of hydrogen-bond donors (Lipinski definition) is 0. The number of rotatable bonds is 4. The topological polar surface area (TPSA) is 72.4 Å². The summed E-state index contributed by atoms with van der Waals surface area (Å²) in [5.41, 5.74) is 0.179. The first kappa shape index (κ1) is 19.9. The van der Waals surface area contributed by atoms with Crippen LogP contribution in [0.15, 0.2) is 6.20 Å². The molecule has 0 radical (unpaired) electrons. The molecule has 11 heteroatoms. The lowest BCUT2D eigenvalue weighted by atomic mass is 10.2. The number of halogens is 4. The molecule has 0 N–H and O–H groups in total. The third-order valence-corrected chi connectivity index (χ3v) is 3.16. The van der Waals surface area contributed by atoms with Crippen LogP contribution in [0, 0.1) is 0 Å². The summed E-state index contributed by atoms with van der Waals surface area (Å²) in [4.78, 5) is 20.9. The lowest BCUT2D eigenvalue weighted by Crippen LogP contribution is -2.33. The van der Waals surface area contributed by atoms with E-state index in [1.54, 1.807) is 13.3 Å². The van der Waals surface area contributed by atoms with Crippen LogP contribution in [0.25, 0.3) is 0 Å². The average Bonchev–Trinajstić information content (AvgIpc) is 2.85. The van der Waals surface area contributed by atoms with Gasteiger partial charge in [-0.15, -0.1) is 0 Å². The minimum absolute atomic E-state index is 0.153. The molecule has 2 rings (SSSR count). The van der Waals surface area contributed by atoms with Gasteiger partial charge in [0.25, 0.3) is 0 Å². The Hall–Kier alpha value is -0.100. The Morgan fingerprint density at radius 2 is 2.14 bits per heavy atom. The monoisotopic (exact) mass is 407 g/mol. The van der Waals surface area contributed by atoms with Crippen molar-refractivity contribution >= 4 is 62.6 Å². The third-order valence-electron chi connectivity index (χ3n) is 2.89. The van der Waals surface area contributed by atoms with Crippen LogP contribution in [0.5, 0.6) is 0 Å². The van der Waals surface area contributed by atoms with Crippen molar-refractivity contribution in [3.63, 3.8) is 0 Å². The highest BCUT2D eigenvalue weighted by atomic mass is 36.0. The van der Waals surface area contributed by atoms with Crippen LogP contribution in [0.3, 0.4) is 0 Å². The lowest BCUT2D eigenvalue weighted by Gasteiger charge is -2.24. The van der Waals surface area contributed by atoms with Crippen molar-refractivity contribution in [2.75, 3.05) is 25.2 Å². The zero-order chi connectivity index (χ0) is 16.8. The van der Waals surface area contributed by atoms with Gasteiger partial charge in [-0.2, -0.15) is 0 Å². The van der Waals surface area contributed by atoms with Gasteiger partial charge in [-0.3, -0.25) is 9.36 Å². The van der Waals surface area contributed by atoms with Crippen LogP contribution in [0.2, 0.25) is 5.15 Å². The van der Waals surface area contributed by atoms with E-state index in [0.717, 1.165) is 19.4 Å². The van der Waals surface area contributed by atoms with Crippen LogP contribution in [-0.4, -0.2) is 42.6 Å². The fraction of sp³-hybridized carbons (Fsp3) is 0.545. The smallest absolute Gasteiger partial charge is 0.339 e. The molecule has 1 aliphatic rings. The molecule has 2 heterocycles. The quantitative estimate of drug-likeness (QED) is 0.544. The predicted octanol–water partition coefficient (Wildman–Crippen LogP) is 4.37. The fourth-order valence-electron chi connectivity index (χ4n) is 2.09. The summed E-state index contributed by atoms with van der Waals surface area (Å²) in [7, 11) is 1.69. The summed E-state index contributed by atoms with van der Waals surface area (Å²) in [5.74, 6) is 0.708. The lowest BCUT2D eigenvalue weighted by molar-refractivity contribution is 0.111. The van der Waals surface area contributed by atoms with E-state index in [4.69, 9.17) is 16.3 Å². The Kier molecular flexibility index (Phi) is 8.39. The van der Waals surface area contributed by atoms with Gasteiger partial charge in [-0.05, 0) is 46.6 Å². The first-order valence-electron chi connectivity index (χ1n) is 6.18. The molecule has 0 aromatic carbocycles. The standard InChI is InChI=1S/C11H14ClN3O2.Cl3OP/c1-17-7-8-3-2-4-15(8)10-5-13-9(6-16)11(12)14-10;1-5(2,3)4/h5-6,8H,2-4,7H2,1H3;.